The van der Waals surface area contributed by atoms with E-state index >= 15 is 0 Å². The molecule has 0 aliphatic carbocycles. The molecule has 1 aromatic carbocycles. The predicted octanol–water partition coefficient (Wildman–Crippen LogP) is 5.17. The number of hydrogen-bond donors (Lipinski definition) is 1. The summed E-state index contributed by atoms with van der Waals surface area (Å²) < 4.78 is 77.0. The van der Waals surface area contributed by atoms with Crippen molar-refractivity contribution >= 4 is 22.4 Å². The number of nitrogens with one attached hydrogen (secondary N) is 1. The van der Waals surface area contributed by atoms with Gasteiger partial charge in [-0.15, -0.1) is 10.2 Å². The van der Waals surface area contributed by atoms with E-state index in [1.165, 1.54) is 0 Å². The molecule has 4 nitrogen and oxygen atoms in total. The predicted molar refractivity (Wildman–Crippen MR) is 82.9 cm³/mol. The number of benzene rings is 1. The van der Waals surface area contributed by atoms with Crippen molar-refractivity contribution in [1.29, 1.82) is 0 Å². The average Bonchev–Trinajstić information content (AvgIpc) is 2.98. The van der Waals surface area contributed by atoms with Crippen molar-refractivity contribution in [2.75, 3.05) is 5.32 Å². The number of alkyl halides is 6. The van der Waals surface area contributed by atoms with Crippen LogP contribution in [-0.2, 0) is 18.8 Å². The van der Waals surface area contributed by atoms with Crippen LogP contribution in [0.2, 0.25) is 0 Å². The number of aryl methyl sites for hydroxylation is 1. The van der Waals surface area contributed by atoms with E-state index in [1.807, 2.05) is 6.92 Å². The first-order chi connectivity index (χ1) is 12.0. The summed E-state index contributed by atoms with van der Waals surface area (Å²) in [5.41, 5.74) is -3.88. The number of hydrogen-bond acceptors (Lipinski definition) is 4. The Hall–Kier alpha value is -2.17. The number of nitrogens with zero attached hydrogens (tertiary/aromatic N) is 2. The molecule has 0 spiro atoms. The number of halogens is 6. The second kappa shape index (κ2) is 7.60. The van der Waals surface area contributed by atoms with Crippen LogP contribution in [-0.4, -0.2) is 16.1 Å². The molecule has 0 aliphatic rings. The fraction of sp³-hybridized carbons (Fsp3) is 0.400. The van der Waals surface area contributed by atoms with Crippen molar-refractivity contribution in [2.24, 2.45) is 0 Å². The fourth-order valence-electron chi connectivity index (χ4n) is 1.99. The van der Waals surface area contributed by atoms with Gasteiger partial charge in [-0.3, -0.25) is 10.1 Å². The van der Waals surface area contributed by atoms with Crippen LogP contribution in [0.25, 0.3) is 0 Å². The summed E-state index contributed by atoms with van der Waals surface area (Å²) in [5, 5.41) is 10.3. The third-order valence-corrected chi connectivity index (χ3v) is 4.18. The lowest BCUT2D eigenvalue weighted by Crippen LogP contribution is -2.17. The molecule has 1 aromatic heterocycles. The van der Waals surface area contributed by atoms with Crippen LogP contribution in [0.4, 0.5) is 31.5 Å². The molecule has 0 fully saturated rings. The van der Waals surface area contributed by atoms with Crippen molar-refractivity contribution < 1.29 is 31.1 Å². The van der Waals surface area contributed by atoms with E-state index in [0.29, 0.717) is 23.6 Å². The van der Waals surface area contributed by atoms with Gasteiger partial charge in [0.05, 0.1) is 11.1 Å². The molecule has 142 valence electrons. The zero-order chi connectivity index (χ0) is 19.5. The molecular weight excluding hydrogens is 384 g/mol. The van der Waals surface area contributed by atoms with Crippen molar-refractivity contribution in [3.8, 4) is 0 Å². The van der Waals surface area contributed by atoms with Crippen molar-refractivity contribution in [3.63, 3.8) is 0 Å². The van der Waals surface area contributed by atoms with Crippen LogP contribution < -0.4 is 5.32 Å². The quantitative estimate of drug-likeness (QED) is 0.708. The maximum Gasteiger partial charge on any atom is 0.416 e. The number of unbranched alkanes of at least 4 members (excludes halogenated alkanes) is 1. The van der Waals surface area contributed by atoms with Crippen LogP contribution in [0, 0.1) is 0 Å². The van der Waals surface area contributed by atoms with Crippen LogP contribution in [0.1, 0.15) is 46.3 Å². The van der Waals surface area contributed by atoms with Gasteiger partial charge in [0.2, 0.25) is 5.13 Å². The van der Waals surface area contributed by atoms with Gasteiger partial charge in [-0.05, 0) is 24.6 Å². The van der Waals surface area contributed by atoms with Crippen LogP contribution >= 0.6 is 11.3 Å². The normalized spacial score (nSPS) is 12.3. The zero-order valence-electron chi connectivity index (χ0n) is 13.3. The first-order valence-corrected chi connectivity index (χ1v) is 8.25. The largest absolute Gasteiger partial charge is 0.416 e. The van der Waals surface area contributed by atoms with Crippen molar-refractivity contribution in [2.45, 2.75) is 38.5 Å². The highest BCUT2D eigenvalue weighted by Crippen LogP contribution is 2.36. The highest BCUT2D eigenvalue weighted by atomic mass is 32.1. The molecule has 0 bridgehead atoms. The molecule has 2 aromatic rings. The number of carbonyl (C=O) groups is 1. The number of rotatable bonds is 5. The SMILES string of the molecule is CCCCc1nnc(NC(=O)c2cc(C(F)(F)F)cc(C(F)(F)F)c2)s1. The molecule has 0 atom stereocenters. The topological polar surface area (TPSA) is 54.9 Å². The van der Waals surface area contributed by atoms with E-state index in [0.717, 1.165) is 24.2 Å². The lowest BCUT2D eigenvalue weighted by atomic mass is 10.0. The molecule has 1 N–H and O–H groups in total. The number of aromatic nitrogens is 2. The van der Waals surface area contributed by atoms with Gasteiger partial charge in [-0.25, -0.2) is 0 Å². The molecule has 1 amide bonds. The van der Waals surface area contributed by atoms with Gasteiger partial charge in [-0.2, -0.15) is 26.3 Å². The van der Waals surface area contributed by atoms with E-state index < -0.39 is 35.0 Å². The van der Waals surface area contributed by atoms with Crippen LogP contribution in [0.3, 0.4) is 0 Å². The first kappa shape index (κ1) is 20.1. The molecule has 0 saturated carbocycles. The summed E-state index contributed by atoms with van der Waals surface area (Å²) in [6, 6.07) is 0.692. The second-order valence-electron chi connectivity index (χ2n) is 5.35. The second-order valence-corrected chi connectivity index (χ2v) is 6.42. The molecule has 26 heavy (non-hydrogen) atoms. The molecular formula is C15H13F6N3OS. The lowest BCUT2D eigenvalue weighted by molar-refractivity contribution is -0.143. The van der Waals surface area contributed by atoms with E-state index in [4.69, 9.17) is 0 Å². The smallest absolute Gasteiger partial charge is 0.296 e. The third-order valence-electron chi connectivity index (χ3n) is 3.28. The summed E-state index contributed by atoms with van der Waals surface area (Å²) in [4.78, 5) is 12.1. The Bertz CT molecular complexity index is 752. The highest BCUT2D eigenvalue weighted by Gasteiger charge is 2.37. The monoisotopic (exact) mass is 397 g/mol. The summed E-state index contributed by atoms with van der Waals surface area (Å²) in [6.07, 6.45) is -7.68. The molecule has 0 saturated heterocycles. The maximum atomic E-state index is 12.8. The van der Waals surface area contributed by atoms with Gasteiger partial charge >= 0.3 is 12.4 Å². The summed E-state index contributed by atoms with van der Waals surface area (Å²) in [5.74, 6) is -1.13. The Labute approximate surface area is 148 Å². The summed E-state index contributed by atoms with van der Waals surface area (Å²) in [6.45, 7) is 1.97. The van der Waals surface area contributed by atoms with Crippen molar-refractivity contribution in [1.82, 2.24) is 10.2 Å². The van der Waals surface area contributed by atoms with E-state index in [-0.39, 0.29) is 11.2 Å². The molecule has 0 radical (unpaired) electrons. The molecule has 0 aliphatic heterocycles. The van der Waals surface area contributed by atoms with Crippen molar-refractivity contribution in [3.05, 3.63) is 39.9 Å². The molecule has 11 heteroatoms. The number of amides is 1. The maximum absolute atomic E-state index is 12.8. The minimum Gasteiger partial charge on any atom is -0.296 e. The van der Waals surface area contributed by atoms with Gasteiger partial charge in [0, 0.05) is 12.0 Å². The lowest BCUT2D eigenvalue weighted by Gasteiger charge is -2.13. The van der Waals surface area contributed by atoms with Gasteiger partial charge in [-0.1, -0.05) is 24.7 Å². The van der Waals surface area contributed by atoms with Crippen LogP contribution in [0.15, 0.2) is 18.2 Å². The Balaban J connectivity index is 2.28. The number of carbonyl (C=O) groups excluding carboxylic acids is 1. The van der Waals surface area contributed by atoms with E-state index in [9.17, 15) is 31.1 Å². The molecule has 0 unspecified atom stereocenters. The standard InChI is InChI=1S/C15H13F6N3OS/c1-2-3-4-11-23-24-13(26-11)22-12(25)8-5-9(14(16,17)18)7-10(6-8)15(19,20)21/h5-7H,2-4H2,1H3,(H,22,24,25). The van der Waals surface area contributed by atoms with E-state index in [2.05, 4.69) is 15.5 Å². The van der Waals surface area contributed by atoms with Crippen LogP contribution in [0.5, 0.6) is 0 Å². The van der Waals surface area contributed by atoms with Gasteiger partial charge in [0.15, 0.2) is 0 Å². The minimum absolute atomic E-state index is 0.00655. The Kier molecular flexibility index (Phi) is 5.89. The first-order valence-electron chi connectivity index (χ1n) is 7.44. The zero-order valence-corrected chi connectivity index (χ0v) is 14.1. The minimum atomic E-state index is -5.02. The Morgan fingerprint density at radius 1 is 1.04 bits per heavy atom. The average molecular weight is 397 g/mol. The van der Waals surface area contributed by atoms with Gasteiger partial charge in [0.25, 0.3) is 5.91 Å². The van der Waals surface area contributed by atoms with Gasteiger partial charge < -0.3 is 0 Å². The molecule has 2 rings (SSSR count). The molecule has 1 heterocycles. The van der Waals surface area contributed by atoms with Gasteiger partial charge in [0.1, 0.15) is 5.01 Å². The third kappa shape index (κ3) is 5.16. The Morgan fingerprint density at radius 3 is 2.12 bits per heavy atom. The fourth-order valence-corrected chi connectivity index (χ4v) is 2.77. The van der Waals surface area contributed by atoms with E-state index in [1.54, 1.807) is 0 Å². The highest BCUT2D eigenvalue weighted by molar-refractivity contribution is 7.15. The summed E-state index contributed by atoms with van der Waals surface area (Å²) in [7, 11) is 0. The Morgan fingerprint density at radius 2 is 1.62 bits per heavy atom. The summed E-state index contributed by atoms with van der Waals surface area (Å²) >= 11 is 1.02. The number of anilines is 1.